The molecule has 1 aromatic heterocycles. The van der Waals surface area contributed by atoms with E-state index in [1.54, 1.807) is 29.4 Å². The molecule has 2 aromatic carbocycles. The zero-order valence-electron chi connectivity index (χ0n) is 15.5. The third-order valence-electron chi connectivity index (χ3n) is 4.23. The molecule has 0 saturated carbocycles. The molecule has 6 heteroatoms. The highest BCUT2D eigenvalue weighted by molar-refractivity contribution is 7.13. The highest BCUT2D eigenvalue weighted by Crippen LogP contribution is 2.37. The first-order chi connectivity index (χ1) is 13.6. The van der Waals surface area contributed by atoms with Crippen molar-refractivity contribution >= 4 is 17.3 Å². The van der Waals surface area contributed by atoms with Gasteiger partial charge in [0.1, 0.15) is 12.4 Å². The first-order valence-electron chi connectivity index (χ1n) is 8.78. The van der Waals surface area contributed by atoms with Gasteiger partial charge < -0.3 is 9.84 Å². The van der Waals surface area contributed by atoms with Crippen molar-refractivity contribution in [1.29, 1.82) is 5.26 Å². The van der Waals surface area contributed by atoms with Gasteiger partial charge in [-0.2, -0.15) is 5.26 Å². The molecule has 1 heterocycles. The molecule has 0 aliphatic carbocycles. The van der Waals surface area contributed by atoms with E-state index in [9.17, 15) is 4.79 Å². The summed E-state index contributed by atoms with van der Waals surface area (Å²) >= 11 is 1.63. The zero-order valence-corrected chi connectivity index (χ0v) is 16.3. The Morgan fingerprint density at radius 2 is 2.00 bits per heavy atom. The van der Waals surface area contributed by atoms with Gasteiger partial charge in [-0.3, -0.25) is 9.69 Å². The minimum atomic E-state index is -0.856. The molecule has 142 valence electrons. The van der Waals surface area contributed by atoms with E-state index >= 15 is 0 Å². The molecule has 0 aliphatic rings. The van der Waals surface area contributed by atoms with E-state index in [1.807, 2.05) is 47.8 Å². The molecule has 0 radical (unpaired) electrons. The summed E-state index contributed by atoms with van der Waals surface area (Å²) in [5.41, 5.74) is 3.59. The monoisotopic (exact) mass is 392 g/mol. The van der Waals surface area contributed by atoms with Gasteiger partial charge in [-0.1, -0.05) is 24.3 Å². The fraction of sp³-hybridized carbons (Fsp3) is 0.182. The van der Waals surface area contributed by atoms with Crippen molar-refractivity contribution in [3.05, 3.63) is 65.5 Å². The lowest BCUT2D eigenvalue weighted by molar-refractivity contribution is -0.138. The minimum absolute atomic E-state index is 0.0185. The molecule has 0 atom stereocenters. The second kappa shape index (κ2) is 9.18. The maximum Gasteiger partial charge on any atom is 0.317 e. The molecule has 5 nitrogen and oxygen atoms in total. The van der Waals surface area contributed by atoms with Crippen molar-refractivity contribution in [2.45, 2.75) is 0 Å². The van der Waals surface area contributed by atoms with Gasteiger partial charge in [0, 0.05) is 17.0 Å². The predicted octanol–water partition coefficient (Wildman–Crippen LogP) is 4.35. The number of rotatable bonds is 8. The quantitative estimate of drug-likeness (QED) is 0.617. The van der Waals surface area contributed by atoms with Crippen molar-refractivity contribution in [2.24, 2.45) is 0 Å². The van der Waals surface area contributed by atoms with Crippen LogP contribution in [0.2, 0.25) is 0 Å². The Morgan fingerprint density at radius 1 is 1.18 bits per heavy atom. The highest BCUT2D eigenvalue weighted by Gasteiger charge is 2.11. The Hall–Kier alpha value is -3.14. The summed E-state index contributed by atoms with van der Waals surface area (Å²) < 4.78 is 5.97. The van der Waals surface area contributed by atoms with Gasteiger partial charge in [0.05, 0.1) is 18.2 Å². The molecule has 0 saturated heterocycles. The Morgan fingerprint density at radius 3 is 2.71 bits per heavy atom. The molecule has 3 aromatic rings. The van der Waals surface area contributed by atoms with Crippen molar-refractivity contribution in [3.63, 3.8) is 0 Å². The van der Waals surface area contributed by atoms with Crippen LogP contribution in [0.5, 0.6) is 5.75 Å². The van der Waals surface area contributed by atoms with Crippen LogP contribution in [0, 0.1) is 11.3 Å². The smallest absolute Gasteiger partial charge is 0.317 e. The van der Waals surface area contributed by atoms with Crippen molar-refractivity contribution in [2.75, 3.05) is 26.7 Å². The number of hydrogen-bond donors (Lipinski definition) is 1. The SMILES string of the molecule is CN(CCOc1ccc(-c2cccc(C#N)c2)cc1-c1cccs1)CC(=O)O. The number of thiophene rings is 1. The van der Waals surface area contributed by atoms with Crippen LogP contribution < -0.4 is 4.74 Å². The molecular formula is C22H20N2O3S. The Bertz CT molecular complexity index is 993. The fourth-order valence-electron chi connectivity index (χ4n) is 2.85. The third kappa shape index (κ3) is 4.97. The van der Waals surface area contributed by atoms with Crippen LogP contribution in [-0.4, -0.2) is 42.7 Å². The highest BCUT2D eigenvalue weighted by atomic mass is 32.1. The number of likely N-dealkylation sites (N-methyl/N-ethyl adjacent to an activating group) is 1. The number of nitrogens with zero attached hydrogens (tertiary/aromatic N) is 2. The molecule has 0 bridgehead atoms. The number of carbonyl (C=O) groups is 1. The second-order valence-corrected chi connectivity index (χ2v) is 7.31. The number of hydrogen-bond acceptors (Lipinski definition) is 5. The van der Waals surface area contributed by atoms with Gasteiger partial charge in [0.25, 0.3) is 0 Å². The first-order valence-corrected chi connectivity index (χ1v) is 9.66. The molecule has 0 spiro atoms. The fourth-order valence-corrected chi connectivity index (χ4v) is 3.60. The summed E-state index contributed by atoms with van der Waals surface area (Å²) in [6, 6.07) is 19.7. The van der Waals surface area contributed by atoms with Gasteiger partial charge >= 0.3 is 5.97 Å². The van der Waals surface area contributed by atoms with Crippen LogP contribution in [0.25, 0.3) is 21.6 Å². The van der Waals surface area contributed by atoms with Crippen LogP contribution in [-0.2, 0) is 4.79 Å². The van der Waals surface area contributed by atoms with E-state index in [0.717, 1.165) is 27.3 Å². The average Bonchev–Trinajstić information content (AvgIpc) is 3.22. The van der Waals surface area contributed by atoms with Crippen LogP contribution in [0.1, 0.15) is 5.56 Å². The number of ether oxygens (including phenoxy) is 1. The summed E-state index contributed by atoms with van der Waals surface area (Å²) in [4.78, 5) is 13.6. The zero-order chi connectivity index (χ0) is 19.9. The van der Waals surface area contributed by atoms with Crippen LogP contribution in [0.3, 0.4) is 0 Å². The Kier molecular flexibility index (Phi) is 6.43. The molecule has 0 unspecified atom stereocenters. The summed E-state index contributed by atoms with van der Waals surface area (Å²) in [5.74, 6) is -0.0999. The maximum absolute atomic E-state index is 10.8. The molecule has 28 heavy (non-hydrogen) atoms. The molecule has 0 fully saturated rings. The predicted molar refractivity (Wildman–Crippen MR) is 111 cm³/mol. The molecular weight excluding hydrogens is 372 g/mol. The molecule has 0 aliphatic heterocycles. The second-order valence-electron chi connectivity index (χ2n) is 6.36. The average molecular weight is 392 g/mol. The van der Waals surface area contributed by atoms with E-state index in [1.165, 1.54) is 0 Å². The third-order valence-corrected chi connectivity index (χ3v) is 5.13. The van der Waals surface area contributed by atoms with E-state index < -0.39 is 5.97 Å². The Balaban J connectivity index is 1.84. The van der Waals surface area contributed by atoms with Crippen LogP contribution >= 0.6 is 11.3 Å². The van der Waals surface area contributed by atoms with Gasteiger partial charge in [0.2, 0.25) is 0 Å². The standard InChI is InChI=1S/C22H20N2O3S/c1-24(15-22(25)26)9-10-27-20-8-7-18(13-19(20)21-6-3-11-28-21)17-5-2-4-16(12-17)14-23/h2-8,11-13H,9-10,15H2,1H3,(H,25,26). The van der Waals surface area contributed by atoms with Crippen molar-refractivity contribution in [3.8, 4) is 33.4 Å². The lowest BCUT2D eigenvalue weighted by atomic mass is 10.00. The lowest BCUT2D eigenvalue weighted by Gasteiger charge is -2.16. The number of carboxylic acid groups (broad SMARTS) is 1. The van der Waals surface area contributed by atoms with Crippen LogP contribution in [0.4, 0.5) is 0 Å². The summed E-state index contributed by atoms with van der Waals surface area (Å²) in [6.07, 6.45) is 0. The van der Waals surface area contributed by atoms with E-state index in [0.29, 0.717) is 18.7 Å². The van der Waals surface area contributed by atoms with Crippen molar-refractivity contribution in [1.82, 2.24) is 4.90 Å². The minimum Gasteiger partial charge on any atom is -0.492 e. The maximum atomic E-state index is 10.8. The molecule has 1 N–H and O–H groups in total. The van der Waals surface area contributed by atoms with E-state index in [2.05, 4.69) is 12.1 Å². The largest absolute Gasteiger partial charge is 0.492 e. The lowest BCUT2D eigenvalue weighted by Crippen LogP contribution is -2.29. The van der Waals surface area contributed by atoms with Crippen molar-refractivity contribution < 1.29 is 14.6 Å². The molecule has 0 amide bonds. The summed E-state index contributed by atoms with van der Waals surface area (Å²) in [6.45, 7) is 0.892. The number of nitriles is 1. The van der Waals surface area contributed by atoms with Gasteiger partial charge in [0.15, 0.2) is 0 Å². The normalized spacial score (nSPS) is 10.6. The summed E-state index contributed by atoms with van der Waals surface area (Å²) in [7, 11) is 1.75. The van der Waals surface area contributed by atoms with Gasteiger partial charge in [-0.25, -0.2) is 0 Å². The van der Waals surface area contributed by atoms with E-state index in [4.69, 9.17) is 15.1 Å². The number of benzene rings is 2. The topological polar surface area (TPSA) is 73.6 Å². The first kappa shape index (κ1) is 19.6. The molecule has 3 rings (SSSR count). The number of aliphatic carboxylic acids is 1. The van der Waals surface area contributed by atoms with Gasteiger partial charge in [-0.05, 0) is 53.9 Å². The number of carboxylic acids is 1. The summed E-state index contributed by atoms with van der Waals surface area (Å²) in [5, 5.41) is 20.0. The Labute approximate surface area is 168 Å². The van der Waals surface area contributed by atoms with Crippen LogP contribution in [0.15, 0.2) is 60.0 Å². The van der Waals surface area contributed by atoms with E-state index in [-0.39, 0.29) is 6.54 Å². The van der Waals surface area contributed by atoms with Gasteiger partial charge in [-0.15, -0.1) is 11.3 Å².